The fourth-order valence-electron chi connectivity index (χ4n) is 4.24. The highest BCUT2D eigenvalue weighted by atomic mass is 16.5. The first-order valence-electron chi connectivity index (χ1n) is 10.6. The summed E-state index contributed by atoms with van der Waals surface area (Å²) < 4.78 is 7.76. The summed E-state index contributed by atoms with van der Waals surface area (Å²) in [5.41, 5.74) is 11.8. The van der Waals surface area contributed by atoms with Gasteiger partial charge in [-0.05, 0) is 36.2 Å². The third kappa shape index (κ3) is 3.30. The number of para-hydroxylation sites is 1. The first kappa shape index (κ1) is 19.2. The molecule has 0 radical (unpaired) electrons. The summed E-state index contributed by atoms with van der Waals surface area (Å²) in [5.74, 6) is 0.363. The molecular formula is C25H24N4O2. The van der Waals surface area contributed by atoms with E-state index in [1.165, 1.54) is 0 Å². The van der Waals surface area contributed by atoms with E-state index in [4.69, 9.17) is 10.5 Å². The number of nitrogens with one attached hydrogen (secondary N) is 1. The van der Waals surface area contributed by atoms with E-state index in [1.807, 2.05) is 53.2 Å². The molecule has 0 fully saturated rings. The molecule has 0 saturated heterocycles. The Morgan fingerprint density at radius 3 is 2.90 bits per heavy atom. The lowest BCUT2D eigenvalue weighted by molar-refractivity contribution is 0.100. The summed E-state index contributed by atoms with van der Waals surface area (Å²) in [6, 6.07) is 18.1. The number of ether oxygens (including phenoxy) is 1. The van der Waals surface area contributed by atoms with Crippen LogP contribution in [0.5, 0.6) is 5.75 Å². The minimum absolute atomic E-state index is 0.132. The van der Waals surface area contributed by atoms with Gasteiger partial charge in [-0.1, -0.05) is 43.7 Å². The summed E-state index contributed by atoms with van der Waals surface area (Å²) in [6.45, 7) is 2.85. The van der Waals surface area contributed by atoms with Crippen LogP contribution in [0.4, 0.5) is 5.69 Å². The molecule has 1 amide bonds. The molecule has 0 aliphatic carbocycles. The van der Waals surface area contributed by atoms with Crippen LogP contribution in [0.25, 0.3) is 16.6 Å². The van der Waals surface area contributed by atoms with Gasteiger partial charge in [0.15, 0.2) is 0 Å². The Balaban J connectivity index is 1.71. The van der Waals surface area contributed by atoms with Crippen LogP contribution >= 0.6 is 0 Å². The van der Waals surface area contributed by atoms with Crippen molar-refractivity contribution in [1.29, 1.82) is 0 Å². The molecule has 1 aliphatic heterocycles. The molecule has 4 aromatic rings. The van der Waals surface area contributed by atoms with Gasteiger partial charge in [0.05, 0.1) is 29.9 Å². The second-order valence-corrected chi connectivity index (χ2v) is 7.76. The van der Waals surface area contributed by atoms with E-state index >= 15 is 0 Å². The SMILES string of the molecule is CCCCOc1cccc(C2Nc3ccccc3-c3c(C(N)=O)cnn4ccc2c34)c1. The van der Waals surface area contributed by atoms with Crippen LogP contribution in [0, 0.1) is 0 Å². The summed E-state index contributed by atoms with van der Waals surface area (Å²) in [6.07, 6.45) is 5.58. The Kier molecular flexibility index (Phi) is 4.82. The molecule has 0 saturated carbocycles. The van der Waals surface area contributed by atoms with Crippen molar-refractivity contribution in [3.8, 4) is 16.9 Å². The van der Waals surface area contributed by atoms with E-state index in [1.54, 1.807) is 6.20 Å². The first-order valence-corrected chi connectivity index (χ1v) is 10.6. The standard InChI is InChI=1S/C25H24N4O2/c1-2-3-13-31-17-8-6-7-16(14-17)23-19-11-12-29-24(19)22(20(15-27-29)25(26)30)18-9-4-5-10-21(18)28-23/h4-12,14-15,23,28H,2-3,13H2,1H3,(H2,26,30). The van der Waals surface area contributed by atoms with E-state index in [0.717, 1.165) is 52.0 Å². The van der Waals surface area contributed by atoms with Crippen LogP contribution < -0.4 is 15.8 Å². The summed E-state index contributed by atoms with van der Waals surface area (Å²) in [4.78, 5) is 12.3. The van der Waals surface area contributed by atoms with Gasteiger partial charge in [-0.3, -0.25) is 4.79 Å². The van der Waals surface area contributed by atoms with Crippen LogP contribution in [-0.2, 0) is 0 Å². The highest BCUT2D eigenvalue weighted by Crippen LogP contribution is 2.43. The molecule has 3 heterocycles. The number of hydrogen-bond donors (Lipinski definition) is 2. The second-order valence-electron chi connectivity index (χ2n) is 7.76. The minimum Gasteiger partial charge on any atom is -0.494 e. The van der Waals surface area contributed by atoms with Gasteiger partial charge in [0, 0.05) is 28.6 Å². The Morgan fingerprint density at radius 1 is 1.19 bits per heavy atom. The maximum atomic E-state index is 12.3. The topological polar surface area (TPSA) is 81.6 Å². The van der Waals surface area contributed by atoms with Crippen LogP contribution in [0.2, 0.25) is 0 Å². The van der Waals surface area contributed by atoms with Gasteiger partial charge in [0.2, 0.25) is 0 Å². The van der Waals surface area contributed by atoms with Gasteiger partial charge in [0.25, 0.3) is 5.91 Å². The largest absolute Gasteiger partial charge is 0.494 e. The average molecular weight is 412 g/mol. The van der Waals surface area contributed by atoms with Gasteiger partial charge < -0.3 is 15.8 Å². The zero-order chi connectivity index (χ0) is 21.4. The zero-order valence-corrected chi connectivity index (χ0v) is 17.3. The summed E-state index contributed by atoms with van der Waals surface area (Å²) >= 11 is 0. The number of carbonyl (C=O) groups excluding carboxylic acids is 1. The average Bonchev–Trinajstić information content (AvgIpc) is 3.15. The molecule has 0 bridgehead atoms. The Labute approximate surface area is 180 Å². The van der Waals surface area contributed by atoms with E-state index in [2.05, 4.69) is 29.5 Å². The predicted octanol–water partition coefficient (Wildman–Crippen LogP) is 4.79. The normalized spacial score (nSPS) is 14.5. The third-order valence-electron chi connectivity index (χ3n) is 5.75. The van der Waals surface area contributed by atoms with E-state index in [-0.39, 0.29) is 6.04 Å². The van der Waals surface area contributed by atoms with Crippen LogP contribution in [0.1, 0.15) is 47.3 Å². The molecule has 1 aliphatic rings. The molecule has 3 N–H and O–H groups in total. The maximum Gasteiger partial charge on any atom is 0.251 e. The van der Waals surface area contributed by atoms with Crippen molar-refractivity contribution in [2.24, 2.45) is 5.73 Å². The van der Waals surface area contributed by atoms with Crippen molar-refractivity contribution in [2.75, 3.05) is 11.9 Å². The maximum absolute atomic E-state index is 12.3. The minimum atomic E-state index is -0.489. The Morgan fingerprint density at radius 2 is 2.06 bits per heavy atom. The molecule has 156 valence electrons. The fourth-order valence-corrected chi connectivity index (χ4v) is 4.24. The van der Waals surface area contributed by atoms with Crippen LogP contribution in [-0.4, -0.2) is 22.1 Å². The lowest BCUT2D eigenvalue weighted by Gasteiger charge is -2.20. The first-order chi connectivity index (χ1) is 15.2. The molecular weight excluding hydrogens is 388 g/mol. The van der Waals surface area contributed by atoms with Crippen molar-refractivity contribution >= 4 is 17.1 Å². The smallest absolute Gasteiger partial charge is 0.251 e. The van der Waals surface area contributed by atoms with Crippen molar-refractivity contribution in [2.45, 2.75) is 25.8 Å². The fraction of sp³-hybridized carbons (Fsp3) is 0.200. The molecule has 31 heavy (non-hydrogen) atoms. The number of nitrogens with zero attached hydrogens (tertiary/aromatic N) is 2. The van der Waals surface area contributed by atoms with Gasteiger partial charge in [0.1, 0.15) is 5.75 Å². The number of unbranched alkanes of at least 4 members (excludes halogenated alkanes) is 1. The van der Waals surface area contributed by atoms with Crippen LogP contribution in [0.3, 0.4) is 0 Å². The van der Waals surface area contributed by atoms with Crippen molar-refractivity contribution in [3.05, 3.63) is 83.7 Å². The molecule has 5 rings (SSSR count). The molecule has 2 aromatic carbocycles. The summed E-state index contributed by atoms with van der Waals surface area (Å²) in [7, 11) is 0. The molecule has 1 atom stereocenters. The van der Waals surface area contributed by atoms with E-state index < -0.39 is 5.91 Å². The lowest BCUT2D eigenvalue weighted by atomic mass is 9.96. The predicted molar refractivity (Wildman–Crippen MR) is 121 cm³/mol. The van der Waals surface area contributed by atoms with Crippen molar-refractivity contribution in [1.82, 2.24) is 9.61 Å². The van der Waals surface area contributed by atoms with Crippen LogP contribution in [0.15, 0.2) is 67.0 Å². The van der Waals surface area contributed by atoms with Crippen molar-refractivity contribution in [3.63, 3.8) is 0 Å². The highest BCUT2D eigenvalue weighted by Gasteiger charge is 2.28. The summed E-state index contributed by atoms with van der Waals surface area (Å²) in [5, 5.41) is 8.12. The number of aromatic nitrogens is 2. The number of primary amides is 1. The molecule has 0 spiro atoms. The number of hydrogen-bond acceptors (Lipinski definition) is 4. The zero-order valence-electron chi connectivity index (χ0n) is 17.3. The number of benzene rings is 2. The molecule has 6 heteroatoms. The van der Waals surface area contributed by atoms with E-state index in [9.17, 15) is 4.79 Å². The van der Waals surface area contributed by atoms with Gasteiger partial charge >= 0.3 is 0 Å². The van der Waals surface area contributed by atoms with Gasteiger partial charge in [-0.25, -0.2) is 4.52 Å². The highest BCUT2D eigenvalue weighted by molar-refractivity contribution is 6.06. The number of amides is 1. The number of carbonyl (C=O) groups is 1. The monoisotopic (exact) mass is 412 g/mol. The quantitative estimate of drug-likeness (QED) is 0.446. The van der Waals surface area contributed by atoms with E-state index in [0.29, 0.717) is 12.2 Å². The number of rotatable bonds is 6. The van der Waals surface area contributed by atoms with Crippen molar-refractivity contribution < 1.29 is 9.53 Å². The Hall–Kier alpha value is -3.80. The second kappa shape index (κ2) is 7.80. The molecule has 1 unspecified atom stereocenters. The number of anilines is 1. The van der Waals surface area contributed by atoms with Gasteiger partial charge in [-0.15, -0.1) is 0 Å². The molecule has 2 aromatic heterocycles. The number of fused-ring (bicyclic) bond motifs is 2. The number of nitrogens with two attached hydrogens (primary N) is 1. The van der Waals surface area contributed by atoms with Gasteiger partial charge in [-0.2, -0.15) is 5.10 Å². The molecule has 6 nitrogen and oxygen atoms in total. The third-order valence-corrected chi connectivity index (χ3v) is 5.75. The lowest BCUT2D eigenvalue weighted by Crippen LogP contribution is -2.14. The Bertz CT molecular complexity index is 1280.